The fourth-order valence-electron chi connectivity index (χ4n) is 2.31. The lowest BCUT2D eigenvalue weighted by atomic mass is 10.0. The second-order valence-corrected chi connectivity index (χ2v) is 5.48. The van der Waals surface area contributed by atoms with Crippen LogP contribution < -0.4 is 16.6 Å². The molecule has 1 rings (SSSR count). The van der Waals surface area contributed by atoms with Crippen molar-refractivity contribution in [2.24, 2.45) is 5.84 Å². The Kier molecular flexibility index (Phi) is 7.95. The number of aromatic nitrogens is 2. The number of anilines is 2. The SMILES string of the molecule is CCCCCCCCNc1ncnc(NN)c1C(C)C. The number of nitrogens with one attached hydrogen (secondary N) is 2. The molecule has 0 aliphatic heterocycles. The van der Waals surface area contributed by atoms with Crippen LogP contribution in [-0.4, -0.2) is 16.5 Å². The van der Waals surface area contributed by atoms with E-state index in [0.29, 0.717) is 11.7 Å². The van der Waals surface area contributed by atoms with Gasteiger partial charge in [0.1, 0.15) is 18.0 Å². The van der Waals surface area contributed by atoms with E-state index in [1.165, 1.54) is 38.5 Å². The standard InChI is InChI=1S/C15H29N5/c1-4-5-6-7-8-9-10-17-14-13(12(2)3)15(20-16)19-11-18-14/h11-12H,4-10,16H2,1-3H3,(H2,17,18,19,20). The van der Waals surface area contributed by atoms with Gasteiger partial charge in [-0.1, -0.05) is 52.9 Å². The molecule has 0 spiro atoms. The van der Waals surface area contributed by atoms with Crippen LogP contribution in [0.2, 0.25) is 0 Å². The van der Waals surface area contributed by atoms with Crippen LogP contribution in [0.4, 0.5) is 11.6 Å². The van der Waals surface area contributed by atoms with Crippen molar-refractivity contribution in [1.29, 1.82) is 0 Å². The Morgan fingerprint density at radius 3 is 2.35 bits per heavy atom. The lowest BCUT2D eigenvalue weighted by molar-refractivity contribution is 0.616. The molecular weight excluding hydrogens is 250 g/mol. The van der Waals surface area contributed by atoms with Gasteiger partial charge in [0, 0.05) is 12.1 Å². The van der Waals surface area contributed by atoms with Gasteiger partial charge in [-0.2, -0.15) is 0 Å². The predicted octanol–water partition coefficient (Wildman–Crippen LogP) is 3.66. The number of unbranched alkanes of at least 4 members (excludes halogenated alkanes) is 5. The maximum atomic E-state index is 5.51. The summed E-state index contributed by atoms with van der Waals surface area (Å²) < 4.78 is 0. The van der Waals surface area contributed by atoms with Crippen molar-refractivity contribution in [3.05, 3.63) is 11.9 Å². The first-order chi connectivity index (χ1) is 9.70. The third-order valence-corrected chi connectivity index (χ3v) is 3.42. The minimum atomic E-state index is 0.328. The molecule has 0 radical (unpaired) electrons. The van der Waals surface area contributed by atoms with E-state index in [1.54, 1.807) is 6.33 Å². The van der Waals surface area contributed by atoms with Crippen LogP contribution >= 0.6 is 0 Å². The molecule has 114 valence electrons. The van der Waals surface area contributed by atoms with E-state index in [2.05, 4.69) is 41.5 Å². The molecule has 5 heteroatoms. The van der Waals surface area contributed by atoms with Crippen molar-refractivity contribution in [1.82, 2.24) is 9.97 Å². The Morgan fingerprint density at radius 2 is 1.70 bits per heavy atom. The first kappa shape index (κ1) is 16.7. The third-order valence-electron chi connectivity index (χ3n) is 3.42. The molecule has 0 atom stereocenters. The van der Waals surface area contributed by atoms with Gasteiger partial charge in [-0.15, -0.1) is 0 Å². The molecule has 0 saturated carbocycles. The van der Waals surface area contributed by atoms with Gasteiger partial charge in [-0.3, -0.25) is 0 Å². The molecule has 0 fully saturated rings. The summed E-state index contributed by atoms with van der Waals surface area (Å²) in [6.07, 6.45) is 9.32. The Bertz CT molecular complexity index is 379. The van der Waals surface area contributed by atoms with Crippen molar-refractivity contribution in [2.75, 3.05) is 17.3 Å². The number of nitrogens with two attached hydrogens (primary N) is 1. The summed E-state index contributed by atoms with van der Waals surface area (Å²) >= 11 is 0. The van der Waals surface area contributed by atoms with Crippen molar-refractivity contribution >= 4 is 11.6 Å². The number of nitrogen functional groups attached to an aromatic ring is 1. The fourth-order valence-corrected chi connectivity index (χ4v) is 2.31. The molecule has 1 aromatic rings. The van der Waals surface area contributed by atoms with E-state index in [9.17, 15) is 0 Å². The average molecular weight is 279 g/mol. The van der Waals surface area contributed by atoms with Gasteiger partial charge in [0.25, 0.3) is 0 Å². The van der Waals surface area contributed by atoms with Crippen LogP contribution in [0.5, 0.6) is 0 Å². The molecule has 0 bridgehead atoms. The molecule has 5 nitrogen and oxygen atoms in total. The van der Waals surface area contributed by atoms with Crippen LogP contribution in [0, 0.1) is 0 Å². The molecule has 0 aliphatic rings. The highest BCUT2D eigenvalue weighted by molar-refractivity contribution is 5.58. The number of hydrogen-bond donors (Lipinski definition) is 3. The predicted molar refractivity (Wildman–Crippen MR) is 85.8 cm³/mol. The minimum Gasteiger partial charge on any atom is -0.370 e. The topological polar surface area (TPSA) is 75.9 Å². The molecule has 0 aromatic carbocycles. The number of hydrogen-bond acceptors (Lipinski definition) is 5. The molecule has 0 aliphatic carbocycles. The number of rotatable bonds is 10. The maximum absolute atomic E-state index is 5.51. The smallest absolute Gasteiger partial charge is 0.148 e. The Labute approximate surface area is 122 Å². The zero-order chi connectivity index (χ0) is 14.8. The maximum Gasteiger partial charge on any atom is 0.148 e. The second kappa shape index (κ2) is 9.53. The van der Waals surface area contributed by atoms with Crippen molar-refractivity contribution in [3.63, 3.8) is 0 Å². The molecule has 0 unspecified atom stereocenters. The number of nitrogens with zero attached hydrogens (tertiary/aromatic N) is 2. The van der Waals surface area contributed by atoms with E-state index >= 15 is 0 Å². The first-order valence-electron chi connectivity index (χ1n) is 7.76. The molecule has 1 heterocycles. The number of hydrazine groups is 1. The highest BCUT2D eigenvalue weighted by Gasteiger charge is 2.13. The van der Waals surface area contributed by atoms with Gasteiger partial charge < -0.3 is 10.7 Å². The Hall–Kier alpha value is -1.36. The molecule has 0 saturated heterocycles. The van der Waals surface area contributed by atoms with E-state index in [4.69, 9.17) is 5.84 Å². The van der Waals surface area contributed by atoms with Gasteiger partial charge in [0.05, 0.1) is 0 Å². The summed E-state index contributed by atoms with van der Waals surface area (Å²) in [6.45, 7) is 7.44. The van der Waals surface area contributed by atoms with E-state index in [-0.39, 0.29) is 0 Å². The molecule has 1 aromatic heterocycles. The largest absolute Gasteiger partial charge is 0.370 e. The fraction of sp³-hybridized carbons (Fsp3) is 0.733. The minimum absolute atomic E-state index is 0.328. The van der Waals surface area contributed by atoms with Crippen molar-refractivity contribution in [2.45, 2.75) is 65.2 Å². The highest BCUT2D eigenvalue weighted by atomic mass is 15.3. The van der Waals surface area contributed by atoms with Gasteiger partial charge in [-0.25, -0.2) is 15.8 Å². The van der Waals surface area contributed by atoms with Crippen molar-refractivity contribution in [3.8, 4) is 0 Å². The molecular formula is C15H29N5. The molecule has 4 N–H and O–H groups in total. The monoisotopic (exact) mass is 279 g/mol. The van der Waals surface area contributed by atoms with Gasteiger partial charge in [-0.05, 0) is 12.3 Å². The molecule has 20 heavy (non-hydrogen) atoms. The van der Waals surface area contributed by atoms with Gasteiger partial charge >= 0.3 is 0 Å². The summed E-state index contributed by atoms with van der Waals surface area (Å²) in [6, 6.07) is 0. The lowest BCUT2D eigenvalue weighted by Crippen LogP contribution is -2.15. The van der Waals surface area contributed by atoms with Crippen LogP contribution in [0.3, 0.4) is 0 Å². The summed E-state index contributed by atoms with van der Waals surface area (Å²) in [5.41, 5.74) is 3.71. The lowest BCUT2D eigenvalue weighted by Gasteiger charge is -2.16. The zero-order valence-electron chi connectivity index (χ0n) is 13.1. The summed E-state index contributed by atoms with van der Waals surface area (Å²) in [4.78, 5) is 8.51. The Balaban J connectivity index is 2.43. The van der Waals surface area contributed by atoms with Crippen molar-refractivity contribution < 1.29 is 0 Å². The normalized spacial score (nSPS) is 10.8. The molecule has 0 amide bonds. The first-order valence-corrected chi connectivity index (χ1v) is 7.76. The average Bonchev–Trinajstić information content (AvgIpc) is 2.45. The van der Waals surface area contributed by atoms with E-state index in [0.717, 1.165) is 17.9 Å². The summed E-state index contributed by atoms with van der Waals surface area (Å²) in [7, 11) is 0. The summed E-state index contributed by atoms with van der Waals surface area (Å²) in [5, 5.41) is 3.41. The zero-order valence-corrected chi connectivity index (χ0v) is 13.1. The third kappa shape index (κ3) is 5.33. The van der Waals surface area contributed by atoms with E-state index in [1.807, 2.05) is 0 Å². The highest BCUT2D eigenvalue weighted by Crippen LogP contribution is 2.27. The second-order valence-electron chi connectivity index (χ2n) is 5.48. The van der Waals surface area contributed by atoms with E-state index < -0.39 is 0 Å². The van der Waals surface area contributed by atoms with Crippen LogP contribution in [0.25, 0.3) is 0 Å². The van der Waals surface area contributed by atoms with Crippen LogP contribution in [0.15, 0.2) is 6.33 Å². The Morgan fingerprint density at radius 1 is 1.05 bits per heavy atom. The van der Waals surface area contributed by atoms with Crippen LogP contribution in [-0.2, 0) is 0 Å². The summed E-state index contributed by atoms with van der Waals surface area (Å²) in [5.74, 6) is 7.45. The van der Waals surface area contributed by atoms with Gasteiger partial charge in [0.2, 0.25) is 0 Å². The quantitative estimate of drug-likeness (QED) is 0.346. The van der Waals surface area contributed by atoms with Crippen LogP contribution in [0.1, 0.15) is 70.8 Å². The van der Waals surface area contributed by atoms with Gasteiger partial charge in [0.15, 0.2) is 0 Å².